The first kappa shape index (κ1) is 18.1. The summed E-state index contributed by atoms with van der Waals surface area (Å²) in [5.74, 6) is 1.23. The molecule has 0 amide bonds. The largest absolute Gasteiger partial charge is 0.478 e. The van der Waals surface area contributed by atoms with E-state index in [1.54, 1.807) is 13.3 Å². The van der Waals surface area contributed by atoms with Gasteiger partial charge in [0.1, 0.15) is 0 Å². The number of aryl methyl sites for hydroxylation is 1. The van der Waals surface area contributed by atoms with Crippen molar-refractivity contribution < 1.29 is 9.47 Å². The van der Waals surface area contributed by atoms with Gasteiger partial charge in [-0.05, 0) is 38.0 Å². The van der Waals surface area contributed by atoms with Gasteiger partial charge in [-0.25, -0.2) is 9.97 Å². The van der Waals surface area contributed by atoms with Gasteiger partial charge in [-0.15, -0.1) is 0 Å². The Labute approximate surface area is 155 Å². The number of hydrogen-bond acceptors (Lipinski definition) is 5. The number of ether oxygens (including phenoxy) is 2. The first-order chi connectivity index (χ1) is 12.6. The van der Waals surface area contributed by atoms with Crippen LogP contribution in [0.5, 0.6) is 5.88 Å². The van der Waals surface area contributed by atoms with Gasteiger partial charge in [0.15, 0.2) is 5.82 Å². The normalized spacial score (nSPS) is 16.3. The van der Waals surface area contributed by atoms with Gasteiger partial charge in [-0.2, -0.15) is 0 Å². The molecule has 0 N–H and O–H groups in total. The van der Waals surface area contributed by atoms with E-state index in [0.29, 0.717) is 18.3 Å². The average molecular weight is 351 g/mol. The lowest BCUT2D eigenvalue weighted by Gasteiger charge is -2.30. The van der Waals surface area contributed by atoms with Crippen LogP contribution >= 0.6 is 0 Å². The first-order valence-corrected chi connectivity index (χ1v) is 8.80. The molecule has 5 heteroatoms. The summed E-state index contributed by atoms with van der Waals surface area (Å²) in [5.41, 5.74) is 3.16. The quantitative estimate of drug-likeness (QED) is 0.774. The van der Waals surface area contributed by atoms with Crippen LogP contribution in [0, 0.1) is 6.92 Å². The maximum Gasteiger partial charge on any atom is 0.257 e. The lowest BCUT2D eigenvalue weighted by molar-refractivity contribution is 0.0657. The van der Waals surface area contributed by atoms with Gasteiger partial charge < -0.3 is 14.4 Å². The monoisotopic (exact) mass is 351 g/mol. The van der Waals surface area contributed by atoms with Gasteiger partial charge in [0.2, 0.25) is 0 Å². The topological polar surface area (TPSA) is 47.5 Å². The van der Waals surface area contributed by atoms with E-state index < -0.39 is 0 Å². The maximum absolute atomic E-state index is 5.67. The molecule has 5 nitrogen and oxygen atoms in total. The van der Waals surface area contributed by atoms with Crippen LogP contribution in [0.2, 0.25) is 0 Å². The van der Waals surface area contributed by atoms with Crippen molar-refractivity contribution >= 4 is 5.82 Å². The van der Waals surface area contributed by atoms with Crippen molar-refractivity contribution in [1.29, 1.82) is 0 Å². The third kappa shape index (κ3) is 4.11. The minimum atomic E-state index is 0.0333. The van der Waals surface area contributed by atoms with Crippen molar-refractivity contribution in [2.45, 2.75) is 39.5 Å². The molecule has 0 bridgehead atoms. The Bertz CT molecular complexity index is 797. The third-order valence-electron chi connectivity index (χ3n) is 4.14. The molecule has 1 aromatic heterocycles. The molecule has 1 aliphatic heterocycles. The summed E-state index contributed by atoms with van der Waals surface area (Å²) in [5, 5.41) is 0. The Morgan fingerprint density at radius 3 is 2.62 bits per heavy atom. The molecule has 26 heavy (non-hydrogen) atoms. The molecular weight excluding hydrogens is 326 g/mol. The second-order valence-corrected chi connectivity index (χ2v) is 6.52. The van der Waals surface area contributed by atoms with E-state index >= 15 is 0 Å². The van der Waals surface area contributed by atoms with Crippen LogP contribution in [0.25, 0.3) is 0 Å². The summed E-state index contributed by atoms with van der Waals surface area (Å²) >= 11 is 0. The number of nitrogens with zero attached hydrogens (tertiary/aromatic N) is 3. The first-order valence-electron chi connectivity index (χ1n) is 8.80. The van der Waals surface area contributed by atoms with Gasteiger partial charge in [0, 0.05) is 6.20 Å². The fourth-order valence-electron chi connectivity index (χ4n) is 2.81. The predicted octanol–water partition coefficient (Wildman–Crippen LogP) is 4.35. The molecule has 2 heterocycles. The summed E-state index contributed by atoms with van der Waals surface area (Å²) in [6, 6.07) is 8.52. The van der Waals surface area contributed by atoms with Crippen LogP contribution in [0.1, 0.15) is 36.7 Å². The highest BCUT2D eigenvalue weighted by Gasteiger charge is 2.23. The maximum atomic E-state index is 5.67. The predicted molar refractivity (Wildman–Crippen MR) is 103 cm³/mol. The van der Waals surface area contributed by atoms with Crippen LogP contribution < -0.4 is 9.64 Å². The summed E-state index contributed by atoms with van der Waals surface area (Å²) in [6.07, 6.45) is 10.2. The van der Waals surface area contributed by atoms with Gasteiger partial charge in [-0.3, -0.25) is 0 Å². The van der Waals surface area contributed by atoms with Gasteiger partial charge >= 0.3 is 0 Å². The molecule has 0 radical (unpaired) electrons. The van der Waals surface area contributed by atoms with Crippen molar-refractivity contribution in [2.75, 3.05) is 12.0 Å². The molecule has 3 rings (SSSR count). The number of aromatic nitrogens is 2. The standard InChI is InChI=1S/C21H25N3O2/c1-15(2)26-14-17-8-10-18(11-9-17)19-7-5-6-12-24(19)20-21(25-4)23-16(3)13-22-20/h5-13,15,19H,14H2,1-4H3. The lowest BCUT2D eigenvalue weighted by Crippen LogP contribution is -2.25. The van der Waals surface area contributed by atoms with Gasteiger partial charge in [-0.1, -0.05) is 36.4 Å². The summed E-state index contributed by atoms with van der Waals surface area (Å²) in [7, 11) is 1.62. The summed E-state index contributed by atoms with van der Waals surface area (Å²) < 4.78 is 11.1. The van der Waals surface area contributed by atoms with E-state index in [-0.39, 0.29) is 12.1 Å². The van der Waals surface area contributed by atoms with Crippen LogP contribution in [-0.2, 0) is 11.3 Å². The molecule has 0 saturated carbocycles. The SMILES string of the molecule is COc1nc(C)cnc1N1C=CC=CC1c1ccc(COC(C)C)cc1. The second kappa shape index (κ2) is 8.15. The molecule has 0 saturated heterocycles. The Hall–Kier alpha value is -2.66. The Kier molecular flexibility index (Phi) is 5.68. The van der Waals surface area contributed by atoms with Crippen molar-refractivity contribution in [3.8, 4) is 5.88 Å². The number of hydrogen-bond donors (Lipinski definition) is 0. The van der Waals surface area contributed by atoms with Gasteiger partial charge in [0.05, 0.1) is 37.8 Å². The molecule has 0 spiro atoms. The number of benzene rings is 1. The zero-order valence-electron chi connectivity index (χ0n) is 15.7. The molecule has 2 aromatic rings. The van der Waals surface area contributed by atoms with E-state index in [1.807, 2.05) is 39.1 Å². The van der Waals surface area contributed by atoms with E-state index in [2.05, 4.69) is 45.2 Å². The fraction of sp³-hybridized carbons (Fsp3) is 0.333. The molecule has 0 aliphatic carbocycles. The van der Waals surface area contributed by atoms with Crippen LogP contribution in [-0.4, -0.2) is 23.2 Å². The van der Waals surface area contributed by atoms with Crippen molar-refractivity contribution in [3.05, 3.63) is 71.7 Å². The highest BCUT2D eigenvalue weighted by molar-refractivity contribution is 5.56. The van der Waals surface area contributed by atoms with Crippen molar-refractivity contribution in [1.82, 2.24) is 9.97 Å². The minimum Gasteiger partial charge on any atom is -0.478 e. The van der Waals surface area contributed by atoms with E-state index in [9.17, 15) is 0 Å². The van der Waals surface area contributed by atoms with E-state index in [0.717, 1.165) is 11.3 Å². The molecule has 1 atom stereocenters. The van der Waals surface area contributed by atoms with Crippen LogP contribution in [0.15, 0.2) is 54.9 Å². The third-order valence-corrected chi connectivity index (χ3v) is 4.14. The number of allylic oxidation sites excluding steroid dienone is 2. The van der Waals surface area contributed by atoms with Crippen LogP contribution in [0.3, 0.4) is 0 Å². The zero-order chi connectivity index (χ0) is 18.5. The zero-order valence-corrected chi connectivity index (χ0v) is 15.7. The van der Waals surface area contributed by atoms with Crippen molar-refractivity contribution in [3.63, 3.8) is 0 Å². The average Bonchev–Trinajstić information content (AvgIpc) is 2.66. The molecule has 1 aliphatic rings. The van der Waals surface area contributed by atoms with E-state index in [1.165, 1.54) is 5.56 Å². The molecule has 0 fully saturated rings. The second-order valence-electron chi connectivity index (χ2n) is 6.52. The van der Waals surface area contributed by atoms with Gasteiger partial charge in [0.25, 0.3) is 5.88 Å². The van der Waals surface area contributed by atoms with Crippen molar-refractivity contribution in [2.24, 2.45) is 0 Å². The molecule has 1 unspecified atom stereocenters. The number of rotatable bonds is 6. The Morgan fingerprint density at radius 1 is 1.15 bits per heavy atom. The number of methoxy groups -OCH3 is 1. The Balaban J connectivity index is 1.86. The Morgan fingerprint density at radius 2 is 1.92 bits per heavy atom. The highest BCUT2D eigenvalue weighted by atomic mass is 16.5. The van der Waals surface area contributed by atoms with Crippen LogP contribution in [0.4, 0.5) is 5.82 Å². The summed E-state index contributed by atoms with van der Waals surface area (Å²) in [6.45, 7) is 6.61. The number of anilines is 1. The highest BCUT2D eigenvalue weighted by Crippen LogP contribution is 2.34. The fourth-order valence-corrected chi connectivity index (χ4v) is 2.81. The smallest absolute Gasteiger partial charge is 0.257 e. The molecular formula is C21H25N3O2. The van der Waals surface area contributed by atoms with E-state index in [4.69, 9.17) is 9.47 Å². The molecule has 136 valence electrons. The minimum absolute atomic E-state index is 0.0333. The molecule has 1 aromatic carbocycles. The summed E-state index contributed by atoms with van der Waals surface area (Å²) in [4.78, 5) is 11.1. The lowest BCUT2D eigenvalue weighted by atomic mass is 10.0.